The highest BCUT2D eigenvalue weighted by molar-refractivity contribution is 5.91. The molecule has 0 aromatic heterocycles. The van der Waals surface area contributed by atoms with Crippen LogP contribution in [0.3, 0.4) is 0 Å². The molecular weight excluding hydrogens is 304 g/mol. The Balaban J connectivity index is 1.99. The fourth-order valence-corrected chi connectivity index (χ4v) is 3.30. The largest absolute Gasteiger partial charge is 0.452 e. The highest BCUT2D eigenvalue weighted by Gasteiger charge is 2.39. The number of nitrogens with zero attached hydrogens (tertiary/aromatic N) is 2. The number of hydrogen-bond donors (Lipinski definition) is 0. The Labute approximate surface area is 143 Å². The second kappa shape index (κ2) is 7.48. The quantitative estimate of drug-likeness (QED) is 0.796. The maximum Gasteiger partial charge on any atom is 0.338 e. The summed E-state index contributed by atoms with van der Waals surface area (Å²) in [4.78, 5) is 26.0. The second-order valence-electron chi connectivity index (χ2n) is 6.61. The number of amides is 1. The van der Waals surface area contributed by atoms with Crippen molar-refractivity contribution in [2.24, 2.45) is 0 Å². The molecule has 0 spiro atoms. The lowest BCUT2D eigenvalue weighted by atomic mass is 9.81. The van der Waals surface area contributed by atoms with E-state index in [4.69, 9.17) is 4.74 Å². The molecule has 1 amide bonds. The van der Waals surface area contributed by atoms with E-state index in [0.29, 0.717) is 18.4 Å². The van der Waals surface area contributed by atoms with Crippen molar-refractivity contribution in [2.45, 2.75) is 51.5 Å². The van der Waals surface area contributed by atoms with Crippen molar-refractivity contribution in [1.29, 1.82) is 5.26 Å². The first-order chi connectivity index (χ1) is 11.4. The van der Waals surface area contributed by atoms with E-state index in [9.17, 15) is 14.9 Å². The highest BCUT2D eigenvalue weighted by atomic mass is 16.5. The summed E-state index contributed by atoms with van der Waals surface area (Å²) in [6.07, 6.45) is 4.32. The molecule has 1 aromatic rings. The van der Waals surface area contributed by atoms with Crippen LogP contribution in [0.4, 0.5) is 0 Å². The third-order valence-electron chi connectivity index (χ3n) is 4.69. The molecule has 0 bridgehead atoms. The predicted octanol–water partition coefficient (Wildman–Crippen LogP) is 3.15. The van der Waals surface area contributed by atoms with Gasteiger partial charge in [0.1, 0.15) is 5.54 Å². The minimum atomic E-state index is -0.762. The molecule has 0 heterocycles. The van der Waals surface area contributed by atoms with Gasteiger partial charge in [-0.15, -0.1) is 0 Å². The van der Waals surface area contributed by atoms with Gasteiger partial charge in [-0.1, -0.05) is 36.5 Å². The van der Waals surface area contributed by atoms with Crippen LogP contribution in [-0.2, 0) is 9.53 Å². The molecular formula is C19H24N2O3. The van der Waals surface area contributed by atoms with Gasteiger partial charge >= 0.3 is 5.97 Å². The summed E-state index contributed by atoms with van der Waals surface area (Å²) < 4.78 is 5.16. The maximum atomic E-state index is 12.4. The molecule has 1 aliphatic rings. The Hall–Kier alpha value is -2.35. The number of esters is 1. The van der Waals surface area contributed by atoms with Gasteiger partial charge < -0.3 is 9.64 Å². The zero-order chi connectivity index (χ0) is 17.7. The Morgan fingerprint density at radius 1 is 1.17 bits per heavy atom. The maximum absolute atomic E-state index is 12.4. The number of carbonyl (C=O) groups is 2. The summed E-state index contributed by atoms with van der Waals surface area (Å²) in [5.41, 5.74) is 1.62. The lowest BCUT2D eigenvalue weighted by Crippen LogP contribution is -2.51. The minimum absolute atomic E-state index is 0.337. The van der Waals surface area contributed by atoms with Gasteiger partial charge in [-0.3, -0.25) is 4.79 Å². The molecule has 0 N–H and O–H groups in total. The van der Waals surface area contributed by atoms with Gasteiger partial charge in [0.15, 0.2) is 6.61 Å². The molecule has 0 unspecified atom stereocenters. The molecule has 24 heavy (non-hydrogen) atoms. The van der Waals surface area contributed by atoms with Crippen LogP contribution in [0.1, 0.15) is 53.6 Å². The lowest BCUT2D eigenvalue weighted by molar-refractivity contribution is -0.138. The van der Waals surface area contributed by atoms with E-state index in [1.807, 2.05) is 19.9 Å². The first-order valence-corrected chi connectivity index (χ1v) is 8.31. The number of ether oxygens (including phenoxy) is 1. The summed E-state index contributed by atoms with van der Waals surface area (Å²) in [5.74, 6) is -0.852. The average Bonchev–Trinajstić information content (AvgIpc) is 2.58. The van der Waals surface area contributed by atoms with E-state index in [-0.39, 0.29) is 12.5 Å². The van der Waals surface area contributed by atoms with E-state index in [1.54, 1.807) is 19.2 Å². The molecule has 1 aliphatic carbocycles. The molecule has 5 heteroatoms. The van der Waals surface area contributed by atoms with Crippen molar-refractivity contribution >= 4 is 11.9 Å². The van der Waals surface area contributed by atoms with E-state index >= 15 is 0 Å². The normalized spacial score (nSPS) is 16.1. The molecule has 0 atom stereocenters. The predicted molar refractivity (Wildman–Crippen MR) is 90.4 cm³/mol. The third kappa shape index (κ3) is 3.94. The molecule has 2 rings (SSSR count). The average molecular weight is 328 g/mol. The van der Waals surface area contributed by atoms with Crippen LogP contribution in [0.2, 0.25) is 0 Å². The van der Waals surface area contributed by atoms with Crippen LogP contribution in [0.5, 0.6) is 0 Å². The van der Waals surface area contributed by atoms with Gasteiger partial charge in [0.2, 0.25) is 0 Å². The summed E-state index contributed by atoms with van der Waals surface area (Å²) in [5, 5.41) is 9.53. The van der Waals surface area contributed by atoms with Gasteiger partial charge in [0, 0.05) is 7.05 Å². The molecule has 0 aliphatic heterocycles. The van der Waals surface area contributed by atoms with Gasteiger partial charge in [-0.05, 0) is 38.8 Å². The van der Waals surface area contributed by atoms with Crippen molar-refractivity contribution in [3.63, 3.8) is 0 Å². The number of nitriles is 1. The van der Waals surface area contributed by atoms with Crippen molar-refractivity contribution in [3.8, 4) is 6.07 Å². The summed E-state index contributed by atoms with van der Waals surface area (Å²) in [6, 6.07) is 7.74. The van der Waals surface area contributed by atoms with Gasteiger partial charge in [0.25, 0.3) is 5.91 Å². The summed E-state index contributed by atoms with van der Waals surface area (Å²) >= 11 is 0. The zero-order valence-electron chi connectivity index (χ0n) is 14.6. The Kier molecular flexibility index (Phi) is 5.61. The van der Waals surface area contributed by atoms with Crippen molar-refractivity contribution in [2.75, 3.05) is 13.7 Å². The van der Waals surface area contributed by atoms with Crippen LogP contribution >= 0.6 is 0 Å². The van der Waals surface area contributed by atoms with Crippen LogP contribution in [-0.4, -0.2) is 36.0 Å². The Morgan fingerprint density at radius 2 is 1.75 bits per heavy atom. The van der Waals surface area contributed by atoms with Gasteiger partial charge in [-0.2, -0.15) is 5.26 Å². The van der Waals surface area contributed by atoms with Crippen molar-refractivity contribution in [1.82, 2.24) is 4.90 Å². The molecule has 128 valence electrons. The Bertz CT molecular complexity index is 649. The summed E-state index contributed by atoms with van der Waals surface area (Å²) in [6.45, 7) is 3.47. The molecule has 1 aromatic carbocycles. The number of hydrogen-bond acceptors (Lipinski definition) is 4. The molecule has 1 saturated carbocycles. The van der Waals surface area contributed by atoms with E-state index in [1.165, 1.54) is 4.90 Å². The highest BCUT2D eigenvalue weighted by Crippen LogP contribution is 2.32. The van der Waals surface area contributed by atoms with Crippen LogP contribution < -0.4 is 0 Å². The number of aryl methyl sites for hydroxylation is 2. The number of carbonyl (C=O) groups excluding carboxylic acids is 2. The fourth-order valence-electron chi connectivity index (χ4n) is 3.30. The van der Waals surface area contributed by atoms with Gasteiger partial charge in [0.05, 0.1) is 11.6 Å². The van der Waals surface area contributed by atoms with Crippen molar-refractivity contribution < 1.29 is 14.3 Å². The minimum Gasteiger partial charge on any atom is -0.452 e. The topological polar surface area (TPSA) is 70.4 Å². The van der Waals surface area contributed by atoms with Crippen LogP contribution in [0.15, 0.2) is 18.2 Å². The molecule has 0 radical (unpaired) electrons. The first kappa shape index (κ1) is 18.0. The second-order valence-corrected chi connectivity index (χ2v) is 6.61. The molecule has 5 nitrogen and oxygen atoms in total. The SMILES string of the molecule is Cc1cc(C)cc(C(=O)OCC(=O)N(C)C2(C#N)CCCCC2)c1. The summed E-state index contributed by atoms with van der Waals surface area (Å²) in [7, 11) is 1.63. The monoisotopic (exact) mass is 328 g/mol. The first-order valence-electron chi connectivity index (χ1n) is 8.31. The van der Waals surface area contributed by atoms with Crippen LogP contribution in [0, 0.1) is 25.2 Å². The van der Waals surface area contributed by atoms with Crippen molar-refractivity contribution in [3.05, 3.63) is 34.9 Å². The Morgan fingerprint density at radius 3 is 2.29 bits per heavy atom. The smallest absolute Gasteiger partial charge is 0.338 e. The van der Waals surface area contributed by atoms with E-state index in [0.717, 1.165) is 30.4 Å². The number of benzene rings is 1. The standard InChI is InChI=1S/C19H24N2O3/c1-14-9-15(2)11-16(10-14)18(23)24-12-17(22)21(3)19(13-20)7-5-4-6-8-19/h9-11H,4-8,12H2,1-3H3. The van der Waals surface area contributed by atoms with Crippen LogP contribution in [0.25, 0.3) is 0 Å². The van der Waals surface area contributed by atoms with Gasteiger partial charge in [-0.25, -0.2) is 4.79 Å². The lowest BCUT2D eigenvalue weighted by Gasteiger charge is -2.38. The van der Waals surface area contributed by atoms with E-state index in [2.05, 4.69) is 6.07 Å². The zero-order valence-corrected chi connectivity index (χ0v) is 14.6. The van der Waals surface area contributed by atoms with E-state index < -0.39 is 11.5 Å². The fraction of sp³-hybridized carbons (Fsp3) is 0.526. The number of likely N-dealkylation sites (N-methyl/N-ethyl adjacent to an activating group) is 1. The number of rotatable bonds is 4. The molecule has 1 fully saturated rings. The third-order valence-corrected chi connectivity index (χ3v) is 4.69. The molecule has 0 saturated heterocycles.